The van der Waals surface area contributed by atoms with Crippen LogP contribution >= 0.6 is 0 Å². The minimum Gasteiger partial charge on any atom is -0.465 e. The van der Waals surface area contributed by atoms with Crippen molar-refractivity contribution in [2.24, 2.45) is 0 Å². The van der Waals surface area contributed by atoms with Crippen LogP contribution in [0.5, 0.6) is 0 Å². The second-order valence-electron chi connectivity index (χ2n) is 3.20. The molecule has 0 aromatic heterocycles. The number of hydrogen-bond acceptors (Lipinski definition) is 2. The molecule has 0 saturated carbocycles. The monoisotopic (exact) mass is 180 g/mol. The van der Waals surface area contributed by atoms with Crippen LogP contribution in [-0.4, -0.2) is 29.2 Å². The highest BCUT2D eigenvalue weighted by Gasteiger charge is 2.23. The molecule has 2 N–H and O–H groups in total. The summed E-state index contributed by atoms with van der Waals surface area (Å²) >= 11 is 0. The minimum atomic E-state index is -0.883. The van der Waals surface area contributed by atoms with E-state index in [1.54, 1.807) is 0 Å². The molecule has 1 amide bonds. The van der Waals surface area contributed by atoms with E-state index in [2.05, 4.69) is 5.32 Å². The second kappa shape index (κ2) is 3.12. The summed E-state index contributed by atoms with van der Waals surface area (Å²) in [6.45, 7) is 1.33. The molecule has 0 spiro atoms. The molecule has 0 aromatic carbocycles. The van der Waals surface area contributed by atoms with Gasteiger partial charge in [-0.1, -0.05) is 12.2 Å². The van der Waals surface area contributed by atoms with Crippen molar-refractivity contribution in [2.75, 3.05) is 13.1 Å². The number of rotatable bonds is 0. The summed E-state index contributed by atoms with van der Waals surface area (Å²) in [6.07, 6.45) is 5.08. The van der Waals surface area contributed by atoms with E-state index in [1.165, 1.54) is 4.90 Å². The molecule has 2 heterocycles. The van der Waals surface area contributed by atoms with Crippen LogP contribution in [0.3, 0.4) is 0 Å². The van der Waals surface area contributed by atoms with Gasteiger partial charge in [0, 0.05) is 13.1 Å². The maximum Gasteiger partial charge on any atom is 0.413 e. The number of carbonyl (C=O) groups is 1. The van der Waals surface area contributed by atoms with Crippen molar-refractivity contribution < 1.29 is 9.90 Å². The molecular formula is C9H12N2O2. The normalized spacial score (nSPS) is 21.1. The number of allylic oxidation sites excluding steroid dienone is 2. The lowest BCUT2D eigenvalue weighted by Gasteiger charge is -2.30. The van der Waals surface area contributed by atoms with Gasteiger partial charge in [0.05, 0.1) is 0 Å². The van der Waals surface area contributed by atoms with Crippen LogP contribution in [0, 0.1) is 0 Å². The Morgan fingerprint density at radius 1 is 1.62 bits per heavy atom. The molecule has 0 aliphatic carbocycles. The standard InChI is InChI=1S/C9H12N2O2/c12-9(13)11-6-2-4-7-3-1-5-10-8(7)11/h2,4,10H,1,3,5-6H2,(H,12,13). The summed E-state index contributed by atoms with van der Waals surface area (Å²) in [7, 11) is 0. The Labute approximate surface area is 76.5 Å². The van der Waals surface area contributed by atoms with E-state index < -0.39 is 6.09 Å². The quantitative estimate of drug-likeness (QED) is 0.587. The van der Waals surface area contributed by atoms with Gasteiger partial charge in [0.2, 0.25) is 0 Å². The highest BCUT2D eigenvalue weighted by Crippen LogP contribution is 2.22. The fraction of sp³-hybridized carbons (Fsp3) is 0.444. The van der Waals surface area contributed by atoms with Crippen LogP contribution in [0.25, 0.3) is 0 Å². The summed E-state index contributed by atoms with van der Waals surface area (Å²) < 4.78 is 0. The zero-order valence-electron chi connectivity index (χ0n) is 7.29. The second-order valence-corrected chi connectivity index (χ2v) is 3.20. The first-order chi connectivity index (χ1) is 6.29. The van der Waals surface area contributed by atoms with Crippen molar-refractivity contribution in [2.45, 2.75) is 12.8 Å². The molecule has 2 aliphatic rings. The SMILES string of the molecule is O=C(O)N1CC=CC2=C1NCCC2. The van der Waals surface area contributed by atoms with Crippen molar-refractivity contribution in [1.82, 2.24) is 10.2 Å². The Balaban J connectivity index is 2.29. The zero-order valence-corrected chi connectivity index (χ0v) is 7.29. The van der Waals surface area contributed by atoms with Gasteiger partial charge in [0.1, 0.15) is 5.82 Å². The average molecular weight is 180 g/mol. The third-order valence-electron chi connectivity index (χ3n) is 2.33. The van der Waals surface area contributed by atoms with Gasteiger partial charge in [-0.05, 0) is 18.4 Å². The molecule has 2 aliphatic heterocycles. The Morgan fingerprint density at radius 3 is 3.23 bits per heavy atom. The van der Waals surface area contributed by atoms with Gasteiger partial charge in [-0.3, -0.25) is 4.90 Å². The largest absolute Gasteiger partial charge is 0.465 e. The fourth-order valence-electron chi connectivity index (χ4n) is 1.71. The minimum absolute atomic E-state index is 0.459. The lowest BCUT2D eigenvalue weighted by molar-refractivity contribution is 0.158. The Bertz CT molecular complexity index is 294. The molecule has 0 saturated heterocycles. The van der Waals surface area contributed by atoms with E-state index in [1.807, 2.05) is 12.2 Å². The fourth-order valence-corrected chi connectivity index (χ4v) is 1.71. The summed E-state index contributed by atoms with van der Waals surface area (Å²) in [5.74, 6) is 0.779. The summed E-state index contributed by atoms with van der Waals surface area (Å²) in [5.41, 5.74) is 1.11. The van der Waals surface area contributed by atoms with Gasteiger partial charge in [0.15, 0.2) is 0 Å². The Morgan fingerprint density at radius 2 is 2.46 bits per heavy atom. The van der Waals surface area contributed by atoms with Gasteiger partial charge in [0.25, 0.3) is 0 Å². The van der Waals surface area contributed by atoms with Crippen molar-refractivity contribution in [3.8, 4) is 0 Å². The molecule has 0 atom stereocenters. The lowest BCUT2D eigenvalue weighted by atomic mass is 10.0. The molecule has 70 valence electrons. The summed E-state index contributed by atoms with van der Waals surface area (Å²) in [5, 5.41) is 12.0. The van der Waals surface area contributed by atoms with Crippen LogP contribution in [-0.2, 0) is 0 Å². The van der Waals surface area contributed by atoms with Crippen LogP contribution in [0.2, 0.25) is 0 Å². The average Bonchev–Trinajstić information content (AvgIpc) is 2.17. The van der Waals surface area contributed by atoms with E-state index in [4.69, 9.17) is 5.11 Å². The third-order valence-corrected chi connectivity index (χ3v) is 2.33. The Hall–Kier alpha value is -1.45. The molecular weight excluding hydrogens is 168 g/mol. The number of nitrogens with one attached hydrogen (secondary N) is 1. The maximum absolute atomic E-state index is 10.8. The number of hydrogen-bond donors (Lipinski definition) is 2. The maximum atomic E-state index is 10.8. The van der Waals surface area contributed by atoms with E-state index in [-0.39, 0.29) is 0 Å². The molecule has 0 unspecified atom stereocenters. The van der Waals surface area contributed by atoms with Crippen LogP contribution in [0.1, 0.15) is 12.8 Å². The first kappa shape index (κ1) is 8.16. The van der Waals surface area contributed by atoms with Gasteiger partial charge < -0.3 is 10.4 Å². The van der Waals surface area contributed by atoms with Gasteiger partial charge in [-0.2, -0.15) is 0 Å². The summed E-state index contributed by atoms with van der Waals surface area (Å²) in [4.78, 5) is 12.2. The highest BCUT2D eigenvalue weighted by atomic mass is 16.4. The van der Waals surface area contributed by atoms with Gasteiger partial charge in [-0.15, -0.1) is 0 Å². The van der Waals surface area contributed by atoms with Crippen LogP contribution in [0.4, 0.5) is 4.79 Å². The van der Waals surface area contributed by atoms with E-state index in [0.717, 1.165) is 30.8 Å². The van der Waals surface area contributed by atoms with Crippen molar-refractivity contribution >= 4 is 6.09 Å². The molecule has 0 aromatic rings. The molecule has 0 radical (unpaired) electrons. The Kier molecular flexibility index (Phi) is 1.96. The van der Waals surface area contributed by atoms with Crippen LogP contribution in [0.15, 0.2) is 23.5 Å². The van der Waals surface area contributed by atoms with Crippen molar-refractivity contribution in [3.63, 3.8) is 0 Å². The molecule has 4 heteroatoms. The van der Waals surface area contributed by atoms with E-state index >= 15 is 0 Å². The highest BCUT2D eigenvalue weighted by molar-refractivity contribution is 5.68. The molecule has 13 heavy (non-hydrogen) atoms. The van der Waals surface area contributed by atoms with Gasteiger partial charge in [-0.25, -0.2) is 4.79 Å². The number of nitrogens with zero attached hydrogens (tertiary/aromatic N) is 1. The predicted octanol–water partition coefficient (Wildman–Crippen LogP) is 1.13. The summed E-state index contributed by atoms with van der Waals surface area (Å²) in [6, 6.07) is 0. The molecule has 0 bridgehead atoms. The molecule has 0 fully saturated rings. The van der Waals surface area contributed by atoms with E-state index in [9.17, 15) is 4.79 Å². The number of carboxylic acid groups (broad SMARTS) is 1. The lowest BCUT2D eigenvalue weighted by Crippen LogP contribution is -2.40. The number of amides is 1. The topological polar surface area (TPSA) is 52.6 Å². The smallest absolute Gasteiger partial charge is 0.413 e. The van der Waals surface area contributed by atoms with Crippen molar-refractivity contribution in [1.29, 1.82) is 0 Å². The molecule has 4 nitrogen and oxygen atoms in total. The van der Waals surface area contributed by atoms with Gasteiger partial charge >= 0.3 is 6.09 Å². The predicted molar refractivity (Wildman–Crippen MR) is 48.1 cm³/mol. The first-order valence-corrected chi connectivity index (χ1v) is 4.43. The van der Waals surface area contributed by atoms with Crippen molar-refractivity contribution in [3.05, 3.63) is 23.5 Å². The van der Waals surface area contributed by atoms with E-state index in [0.29, 0.717) is 6.54 Å². The van der Waals surface area contributed by atoms with Crippen LogP contribution < -0.4 is 5.32 Å². The molecule has 2 rings (SSSR count). The first-order valence-electron chi connectivity index (χ1n) is 4.43. The zero-order chi connectivity index (χ0) is 9.26. The third kappa shape index (κ3) is 1.39.